The number of hydrogen-bond acceptors (Lipinski definition) is 5. The first-order valence-electron chi connectivity index (χ1n) is 9.15. The number of rotatable bonds is 5. The third-order valence-electron chi connectivity index (χ3n) is 5.51. The predicted octanol–water partition coefficient (Wildman–Crippen LogP) is 2.89. The fourth-order valence-electron chi connectivity index (χ4n) is 4.27. The van der Waals surface area contributed by atoms with Crippen LogP contribution in [-0.4, -0.2) is 45.8 Å². The molecule has 1 aromatic heterocycles. The number of benzene rings is 1. The van der Waals surface area contributed by atoms with Gasteiger partial charge in [-0.2, -0.15) is 0 Å². The van der Waals surface area contributed by atoms with Gasteiger partial charge in [-0.25, -0.2) is 8.78 Å². The van der Waals surface area contributed by atoms with Crippen molar-refractivity contribution in [3.8, 4) is 11.5 Å². The average Bonchev–Trinajstić information content (AvgIpc) is 3.15. The molecule has 2 aliphatic rings. The van der Waals surface area contributed by atoms with Gasteiger partial charge in [0.1, 0.15) is 17.7 Å². The quantitative estimate of drug-likeness (QED) is 0.840. The maximum absolute atomic E-state index is 13.8. The predicted molar refractivity (Wildman–Crippen MR) is 94.3 cm³/mol. The van der Waals surface area contributed by atoms with Crippen LogP contribution in [0.5, 0.6) is 11.5 Å². The third-order valence-corrected chi connectivity index (χ3v) is 5.51. The van der Waals surface area contributed by atoms with Gasteiger partial charge >= 0.3 is 0 Å². The normalized spacial score (nSPS) is 26.1. The molecule has 2 N–H and O–H groups in total. The molecule has 0 spiro atoms. The molecule has 7 heteroatoms. The third kappa shape index (κ3) is 4.04. The molecule has 2 fully saturated rings. The molecule has 1 unspecified atom stereocenters. The molecule has 144 valence electrons. The second-order valence-corrected chi connectivity index (χ2v) is 7.48. The van der Waals surface area contributed by atoms with Crippen molar-refractivity contribution in [2.75, 3.05) is 19.6 Å². The van der Waals surface area contributed by atoms with E-state index in [1.54, 1.807) is 6.07 Å². The van der Waals surface area contributed by atoms with Crippen LogP contribution < -0.4 is 4.74 Å². The van der Waals surface area contributed by atoms with Gasteiger partial charge in [-0.3, -0.25) is 9.88 Å². The fourth-order valence-corrected chi connectivity index (χ4v) is 4.27. The van der Waals surface area contributed by atoms with Crippen LogP contribution in [0.2, 0.25) is 0 Å². The molecule has 1 aliphatic carbocycles. The molecule has 27 heavy (non-hydrogen) atoms. The number of β-amino-alcohol motifs (C(OH)–C–C–N with tert-alkyl or cyclic N) is 1. The lowest BCUT2D eigenvalue weighted by Gasteiger charge is -2.22. The molecule has 4 atom stereocenters. The second kappa shape index (κ2) is 7.40. The number of aromatic hydroxyl groups is 1. The summed E-state index contributed by atoms with van der Waals surface area (Å²) >= 11 is 0. The number of hydrogen-bond donors (Lipinski definition) is 2. The van der Waals surface area contributed by atoms with E-state index in [1.807, 2.05) is 0 Å². The van der Waals surface area contributed by atoms with Gasteiger partial charge in [0.2, 0.25) is 0 Å². The summed E-state index contributed by atoms with van der Waals surface area (Å²) in [4.78, 5) is 6.27. The topological polar surface area (TPSA) is 65.8 Å². The Labute approximate surface area is 156 Å². The van der Waals surface area contributed by atoms with E-state index >= 15 is 0 Å². The van der Waals surface area contributed by atoms with E-state index in [4.69, 9.17) is 4.74 Å². The first-order chi connectivity index (χ1) is 13.0. The number of fused-ring (bicyclic) bond motifs is 1. The number of aliphatic hydroxyl groups is 1. The minimum absolute atomic E-state index is 0.0641. The first-order valence-corrected chi connectivity index (χ1v) is 9.15. The smallest absolute Gasteiger partial charge is 0.167 e. The van der Waals surface area contributed by atoms with Crippen LogP contribution in [0.4, 0.5) is 8.78 Å². The van der Waals surface area contributed by atoms with Crippen molar-refractivity contribution in [2.24, 2.45) is 11.8 Å². The van der Waals surface area contributed by atoms with Gasteiger partial charge in [0.25, 0.3) is 0 Å². The van der Waals surface area contributed by atoms with E-state index in [0.717, 1.165) is 32.0 Å². The number of aromatic nitrogens is 1. The monoisotopic (exact) mass is 376 g/mol. The molecule has 1 aromatic carbocycles. The molecule has 2 heterocycles. The average molecular weight is 376 g/mol. The zero-order valence-corrected chi connectivity index (χ0v) is 14.8. The summed E-state index contributed by atoms with van der Waals surface area (Å²) in [5.74, 6) is -0.215. The van der Waals surface area contributed by atoms with Crippen molar-refractivity contribution in [1.82, 2.24) is 9.88 Å². The van der Waals surface area contributed by atoms with Crippen LogP contribution in [0.1, 0.15) is 24.6 Å². The molecule has 2 aromatic rings. The number of nitrogens with zero attached hydrogens (tertiary/aromatic N) is 2. The van der Waals surface area contributed by atoms with Crippen molar-refractivity contribution in [3.63, 3.8) is 0 Å². The van der Waals surface area contributed by atoms with Gasteiger partial charge < -0.3 is 14.9 Å². The lowest BCUT2D eigenvalue weighted by atomic mass is 10.0. The summed E-state index contributed by atoms with van der Waals surface area (Å²) < 4.78 is 32.5. The van der Waals surface area contributed by atoms with Gasteiger partial charge in [-0.15, -0.1) is 0 Å². The van der Waals surface area contributed by atoms with Crippen LogP contribution in [0, 0.1) is 23.5 Å². The number of halogens is 2. The van der Waals surface area contributed by atoms with Crippen LogP contribution >= 0.6 is 0 Å². The number of pyridine rings is 1. The minimum Gasteiger partial charge on any atom is -0.506 e. The number of aliphatic hydroxyl groups excluding tert-OH is 1. The van der Waals surface area contributed by atoms with E-state index < -0.39 is 17.7 Å². The summed E-state index contributed by atoms with van der Waals surface area (Å²) in [7, 11) is 0. The Balaban J connectivity index is 1.29. The van der Waals surface area contributed by atoms with Crippen LogP contribution in [0.3, 0.4) is 0 Å². The molecular formula is C20H22F2N2O3. The molecular weight excluding hydrogens is 354 g/mol. The highest BCUT2D eigenvalue weighted by Crippen LogP contribution is 2.40. The second-order valence-electron chi connectivity index (χ2n) is 7.48. The molecule has 0 bridgehead atoms. The summed E-state index contributed by atoms with van der Waals surface area (Å²) in [6.07, 6.45) is 2.21. The van der Waals surface area contributed by atoms with E-state index in [1.165, 1.54) is 24.4 Å². The Kier molecular flexibility index (Phi) is 4.97. The van der Waals surface area contributed by atoms with Gasteiger partial charge in [0.15, 0.2) is 11.6 Å². The van der Waals surface area contributed by atoms with E-state index in [9.17, 15) is 19.0 Å². The highest BCUT2D eigenvalue weighted by Gasteiger charge is 2.42. The Morgan fingerprint density at radius 2 is 1.89 bits per heavy atom. The largest absolute Gasteiger partial charge is 0.506 e. The zero-order valence-electron chi connectivity index (χ0n) is 14.8. The fraction of sp³-hybridized carbons (Fsp3) is 0.450. The lowest BCUT2D eigenvalue weighted by molar-refractivity contribution is 0.112. The maximum atomic E-state index is 13.8. The van der Waals surface area contributed by atoms with Gasteiger partial charge in [0.05, 0.1) is 18.0 Å². The molecule has 1 aliphatic heterocycles. The highest BCUT2D eigenvalue weighted by atomic mass is 19.1. The van der Waals surface area contributed by atoms with Crippen molar-refractivity contribution < 1.29 is 23.7 Å². The van der Waals surface area contributed by atoms with Crippen molar-refractivity contribution in [2.45, 2.75) is 25.0 Å². The standard InChI is InChI=1S/C20H22F2N2O3/c21-14-1-4-20(17(22)7-14)27-16-5-12-9-24(10-13(12)6-16)11-19(26)18-3-2-15(25)8-23-18/h1-4,7-8,12-13,16,19,25-26H,5-6,9-11H2/t12-,13+,16-,19?. The van der Waals surface area contributed by atoms with Crippen molar-refractivity contribution >= 4 is 0 Å². The molecule has 0 radical (unpaired) electrons. The van der Waals surface area contributed by atoms with Gasteiger partial charge in [-0.05, 0) is 48.9 Å². The minimum atomic E-state index is -0.704. The number of ether oxygens (including phenoxy) is 1. The summed E-state index contributed by atoms with van der Waals surface area (Å²) in [6, 6.07) is 6.52. The Morgan fingerprint density at radius 1 is 1.15 bits per heavy atom. The molecule has 5 nitrogen and oxygen atoms in total. The summed E-state index contributed by atoms with van der Waals surface area (Å²) in [5.41, 5.74) is 0.540. The Hall–Kier alpha value is -2.25. The number of likely N-dealkylation sites (tertiary alicyclic amines) is 1. The molecule has 4 rings (SSSR count). The van der Waals surface area contributed by atoms with E-state index in [2.05, 4.69) is 9.88 Å². The zero-order chi connectivity index (χ0) is 19.0. The van der Waals surface area contributed by atoms with E-state index in [0.29, 0.717) is 24.1 Å². The Morgan fingerprint density at radius 3 is 2.52 bits per heavy atom. The molecule has 1 saturated heterocycles. The Bertz CT molecular complexity index is 788. The molecule has 0 amide bonds. The van der Waals surface area contributed by atoms with Gasteiger partial charge in [0, 0.05) is 25.7 Å². The van der Waals surface area contributed by atoms with Crippen molar-refractivity contribution in [1.29, 1.82) is 0 Å². The first kappa shape index (κ1) is 18.1. The lowest BCUT2D eigenvalue weighted by Crippen LogP contribution is -2.29. The van der Waals surface area contributed by atoms with Gasteiger partial charge in [-0.1, -0.05) is 0 Å². The maximum Gasteiger partial charge on any atom is 0.167 e. The summed E-state index contributed by atoms with van der Waals surface area (Å²) in [6.45, 7) is 2.19. The van der Waals surface area contributed by atoms with Crippen LogP contribution in [-0.2, 0) is 0 Å². The summed E-state index contributed by atoms with van der Waals surface area (Å²) in [5, 5.41) is 19.6. The molecule has 1 saturated carbocycles. The highest BCUT2D eigenvalue weighted by molar-refractivity contribution is 5.25. The van der Waals surface area contributed by atoms with E-state index in [-0.39, 0.29) is 17.6 Å². The SMILES string of the molecule is Oc1ccc(C(O)CN2C[C@H]3C[C@@H](Oc4ccc(F)cc4F)C[C@H]3C2)nc1. The van der Waals surface area contributed by atoms with Crippen LogP contribution in [0.25, 0.3) is 0 Å². The van der Waals surface area contributed by atoms with Crippen LogP contribution in [0.15, 0.2) is 36.5 Å². The van der Waals surface area contributed by atoms with Crippen molar-refractivity contribution in [3.05, 3.63) is 53.9 Å².